The molecule has 5 rings (SSSR count). The second kappa shape index (κ2) is 9.60. The number of aliphatic carboxylic acids is 1. The predicted octanol–water partition coefficient (Wildman–Crippen LogP) is 4.27. The van der Waals surface area contributed by atoms with Crippen LogP contribution >= 0.6 is 0 Å². The van der Waals surface area contributed by atoms with Crippen LogP contribution in [0.15, 0.2) is 42.5 Å². The number of amides is 1. The molecule has 0 saturated carbocycles. The maximum absolute atomic E-state index is 12.2. The van der Waals surface area contributed by atoms with Gasteiger partial charge in [-0.15, -0.1) is 0 Å². The molecule has 2 aliphatic heterocycles. The summed E-state index contributed by atoms with van der Waals surface area (Å²) in [6.07, 6.45) is 1.94. The summed E-state index contributed by atoms with van der Waals surface area (Å²) in [5.41, 5.74) is 5.41. The second-order valence-corrected chi connectivity index (χ2v) is 9.67. The first-order valence-electron chi connectivity index (χ1n) is 12.3. The van der Waals surface area contributed by atoms with E-state index in [9.17, 15) is 14.7 Å². The molecular weight excluding hydrogens is 444 g/mol. The third-order valence-electron chi connectivity index (χ3n) is 7.41. The van der Waals surface area contributed by atoms with Gasteiger partial charge in [0.25, 0.3) is 0 Å². The van der Waals surface area contributed by atoms with E-state index in [2.05, 4.69) is 52.8 Å². The quantitative estimate of drug-likeness (QED) is 0.592. The Morgan fingerprint density at radius 2 is 1.97 bits per heavy atom. The molecule has 1 N–H and O–H groups in total. The van der Waals surface area contributed by atoms with Crippen molar-refractivity contribution in [3.05, 3.63) is 59.2 Å². The third kappa shape index (κ3) is 4.45. The summed E-state index contributed by atoms with van der Waals surface area (Å²) >= 11 is 0. The first kappa shape index (κ1) is 23.2. The van der Waals surface area contributed by atoms with Crippen molar-refractivity contribution in [3.63, 3.8) is 0 Å². The summed E-state index contributed by atoms with van der Waals surface area (Å²) in [5.74, 6) is -0.0827. The van der Waals surface area contributed by atoms with E-state index in [-0.39, 0.29) is 12.0 Å². The van der Waals surface area contributed by atoms with Crippen LogP contribution in [0.2, 0.25) is 0 Å². The fourth-order valence-electron chi connectivity index (χ4n) is 5.44. The molecule has 184 valence electrons. The molecule has 1 amide bonds. The number of nitrogens with zero attached hydrogens (tertiary/aromatic N) is 4. The molecule has 8 nitrogen and oxygen atoms in total. The first-order valence-corrected chi connectivity index (χ1v) is 12.3. The molecule has 2 aromatic carbocycles. The van der Waals surface area contributed by atoms with E-state index in [0.717, 1.165) is 48.5 Å². The zero-order valence-electron chi connectivity index (χ0n) is 20.3. The number of aromatic nitrogens is 2. The van der Waals surface area contributed by atoms with Gasteiger partial charge in [0.2, 0.25) is 5.95 Å². The van der Waals surface area contributed by atoms with Crippen LogP contribution in [0.3, 0.4) is 0 Å². The van der Waals surface area contributed by atoms with Crippen LogP contribution in [0.5, 0.6) is 0 Å². The van der Waals surface area contributed by atoms with Gasteiger partial charge in [-0.25, -0.2) is 9.78 Å². The summed E-state index contributed by atoms with van der Waals surface area (Å²) in [4.78, 5) is 33.0. The highest BCUT2D eigenvalue weighted by atomic mass is 16.5. The number of ether oxygens (including phenoxy) is 1. The first-order chi connectivity index (χ1) is 17.0. The Morgan fingerprint density at radius 3 is 2.71 bits per heavy atom. The molecule has 35 heavy (non-hydrogen) atoms. The minimum absolute atomic E-state index is 0.245. The maximum atomic E-state index is 12.2. The van der Waals surface area contributed by atoms with Gasteiger partial charge in [-0.05, 0) is 42.4 Å². The van der Waals surface area contributed by atoms with Gasteiger partial charge in [-0.3, -0.25) is 4.79 Å². The molecule has 2 aliphatic rings. The van der Waals surface area contributed by atoms with Gasteiger partial charge in [0.15, 0.2) is 0 Å². The Morgan fingerprint density at radius 1 is 1.17 bits per heavy atom. The largest absolute Gasteiger partial charge is 0.481 e. The van der Waals surface area contributed by atoms with Crippen LogP contribution in [0, 0.1) is 5.92 Å². The normalized spacial score (nSPS) is 18.9. The van der Waals surface area contributed by atoms with Gasteiger partial charge in [-0.1, -0.05) is 43.3 Å². The number of carbonyl (C=O) groups is 2. The van der Waals surface area contributed by atoms with Crippen LogP contribution in [0.4, 0.5) is 10.7 Å². The number of carboxylic acids is 1. The minimum Gasteiger partial charge on any atom is -0.481 e. The van der Waals surface area contributed by atoms with Gasteiger partial charge in [0.05, 0.1) is 30.6 Å². The van der Waals surface area contributed by atoms with Crippen molar-refractivity contribution in [2.45, 2.75) is 45.2 Å². The third-order valence-corrected chi connectivity index (χ3v) is 7.41. The topological polar surface area (TPSA) is 87.9 Å². The van der Waals surface area contributed by atoms with Crippen molar-refractivity contribution < 1.29 is 19.4 Å². The molecule has 0 unspecified atom stereocenters. The van der Waals surface area contributed by atoms with E-state index in [1.165, 1.54) is 18.2 Å². The lowest BCUT2D eigenvalue weighted by atomic mass is 9.98. The molecule has 2 atom stereocenters. The molecule has 0 bridgehead atoms. The van der Waals surface area contributed by atoms with Crippen molar-refractivity contribution in [2.24, 2.45) is 5.92 Å². The number of anilines is 1. The average Bonchev–Trinajstić information content (AvgIpc) is 3.27. The molecule has 1 aromatic heterocycles. The molecule has 1 fully saturated rings. The summed E-state index contributed by atoms with van der Waals surface area (Å²) < 4.78 is 7.22. The predicted molar refractivity (Wildman–Crippen MR) is 134 cm³/mol. The molecule has 0 spiro atoms. The Labute approximate surface area is 205 Å². The molecule has 0 aliphatic carbocycles. The molecule has 1 saturated heterocycles. The van der Waals surface area contributed by atoms with Crippen LogP contribution < -0.4 is 4.90 Å². The lowest BCUT2D eigenvalue weighted by molar-refractivity contribution is -0.141. The van der Waals surface area contributed by atoms with Gasteiger partial charge in [0.1, 0.15) is 0 Å². The number of piperidine rings is 1. The fourth-order valence-corrected chi connectivity index (χ4v) is 5.44. The highest BCUT2D eigenvalue weighted by Gasteiger charge is 2.31. The monoisotopic (exact) mass is 476 g/mol. The number of hydrogen-bond donors (Lipinski definition) is 1. The van der Waals surface area contributed by atoms with Gasteiger partial charge in [0, 0.05) is 31.7 Å². The second-order valence-electron chi connectivity index (χ2n) is 9.67. The number of methoxy groups -OCH3 is 1. The zero-order chi connectivity index (χ0) is 24.5. The highest BCUT2D eigenvalue weighted by molar-refractivity contribution is 5.84. The van der Waals surface area contributed by atoms with E-state index in [1.807, 2.05) is 6.07 Å². The maximum Gasteiger partial charge on any atom is 0.409 e. The zero-order valence-corrected chi connectivity index (χ0v) is 20.3. The molecule has 8 heteroatoms. The number of carboxylic acid groups (broad SMARTS) is 1. The summed E-state index contributed by atoms with van der Waals surface area (Å²) in [7, 11) is 1.41. The van der Waals surface area contributed by atoms with E-state index in [0.29, 0.717) is 26.1 Å². The van der Waals surface area contributed by atoms with Gasteiger partial charge < -0.3 is 24.2 Å². The summed E-state index contributed by atoms with van der Waals surface area (Å²) in [6.45, 7) is 5.25. The smallest absolute Gasteiger partial charge is 0.409 e. The molecule has 3 heterocycles. The summed E-state index contributed by atoms with van der Waals surface area (Å²) in [5, 5.41) is 9.67. The van der Waals surface area contributed by atoms with Crippen molar-refractivity contribution in [2.75, 3.05) is 31.6 Å². The van der Waals surface area contributed by atoms with Crippen LogP contribution in [0.25, 0.3) is 11.0 Å². The minimum atomic E-state index is -0.749. The highest BCUT2D eigenvalue weighted by Crippen LogP contribution is 2.34. The number of carbonyl (C=O) groups excluding carboxylic acids is 1. The lowest BCUT2D eigenvalue weighted by Crippen LogP contribution is -2.40. The Bertz CT molecular complexity index is 1240. The Hall–Kier alpha value is -3.55. The van der Waals surface area contributed by atoms with E-state index in [1.54, 1.807) is 4.90 Å². The molecular formula is C27H32N4O4. The standard InChI is InChI=1S/C27H32N4O4/c1-18(19-7-4-3-5-8-19)15-31-23-11-10-20-12-14-30(27(34)35-2)17-22(20)24(23)28-26(31)29-13-6-9-21(16-29)25(32)33/h3-5,7-8,10-11,18,21H,6,9,12-17H2,1-2H3,(H,32,33)/t18-,21+/m0/s1. The van der Waals surface area contributed by atoms with Gasteiger partial charge in [-0.2, -0.15) is 0 Å². The number of rotatable bonds is 5. The SMILES string of the molecule is COC(=O)N1CCc2ccc3c(nc(N4CCC[C@@H](C(=O)O)C4)n3C[C@H](C)c3ccccc3)c2C1. The number of imidazole rings is 1. The van der Waals surface area contributed by atoms with E-state index < -0.39 is 11.9 Å². The van der Waals surface area contributed by atoms with E-state index >= 15 is 0 Å². The Balaban J connectivity index is 1.59. The van der Waals surface area contributed by atoms with Crippen molar-refractivity contribution >= 4 is 29.0 Å². The summed E-state index contributed by atoms with van der Waals surface area (Å²) in [6, 6.07) is 14.7. The molecule has 0 radical (unpaired) electrons. The van der Waals surface area contributed by atoms with Gasteiger partial charge >= 0.3 is 12.1 Å². The molecule has 3 aromatic rings. The van der Waals surface area contributed by atoms with Crippen LogP contribution in [0.1, 0.15) is 42.4 Å². The van der Waals surface area contributed by atoms with E-state index in [4.69, 9.17) is 9.72 Å². The van der Waals surface area contributed by atoms with Crippen LogP contribution in [-0.4, -0.2) is 58.4 Å². The number of hydrogen-bond acceptors (Lipinski definition) is 5. The Kier molecular flexibility index (Phi) is 6.36. The van der Waals surface area contributed by atoms with Crippen LogP contribution in [-0.2, 0) is 29.0 Å². The van der Waals surface area contributed by atoms with Crippen molar-refractivity contribution in [1.29, 1.82) is 0 Å². The lowest BCUT2D eigenvalue weighted by Gasteiger charge is -2.32. The number of benzene rings is 2. The fraction of sp³-hybridized carbons (Fsp3) is 0.444. The van der Waals surface area contributed by atoms with Crippen molar-refractivity contribution in [3.8, 4) is 0 Å². The number of fused-ring (bicyclic) bond motifs is 3. The average molecular weight is 477 g/mol. The van der Waals surface area contributed by atoms with Crippen molar-refractivity contribution in [1.82, 2.24) is 14.5 Å².